The minimum Gasteiger partial charge on any atom is -0.398 e. The van der Waals surface area contributed by atoms with Crippen LogP contribution in [-0.2, 0) is 6.42 Å². The average Bonchev–Trinajstić information content (AvgIpc) is 2.76. The van der Waals surface area contributed by atoms with Crippen LogP contribution in [0.1, 0.15) is 24.5 Å². The van der Waals surface area contributed by atoms with E-state index in [1.807, 2.05) is 78.9 Å². The first-order valence-corrected chi connectivity index (χ1v) is 9.86. The van der Waals surface area contributed by atoms with E-state index >= 15 is 0 Å². The van der Waals surface area contributed by atoms with Crippen molar-refractivity contribution >= 4 is 22.8 Å². The van der Waals surface area contributed by atoms with Gasteiger partial charge in [0.2, 0.25) is 0 Å². The van der Waals surface area contributed by atoms with Crippen molar-refractivity contribution in [3.8, 4) is 0 Å². The van der Waals surface area contributed by atoms with Crippen LogP contribution in [0, 0.1) is 0 Å². The lowest BCUT2D eigenvalue weighted by molar-refractivity contribution is 1.20. The summed E-state index contributed by atoms with van der Waals surface area (Å²) in [5, 5.41) is 0. The van der Waals surface area contributed by atoms with Crippen molar-refractivity contribution in [2.45, 2.75) is 19.8 Å². The lowest BCUT2D eigenvalue weighted by Crippen LogP contribution is -2.08. The third kappa shape index (κ3) is 5.69. The fraction of sp³-hybridized carbons (Fsp3) is 0.115. The van der Waals surface area contributed by atoms with Crippen LogP contribution in [0.25, 0.3) is 5.70 Å². The molecule has 0 aliphatic rings. The van der Waals surface area contributed by atoms with Gasteiger partial charge in [-0.05, 0) is 41.3 Å². The Morgan fingerprint density at radius 3 is 2.14 bits per heavy atom. The molecule has 0 bridgehead atoms. The molecule has 3 heteroatoms. The molecule has 4 N–H and O–H groups in total. The zero-order valence-electron chi connectivity index (χ0n) is 16.8. The van der Waals surface area contributed by atoms with Gasteiger partial charge in [0.05, 0.1) is 17.1 Å². The number of nitrogen functional groups attached to an aromatic ring is 1. The minimum absolute atomic E-state index is 0.661. The number of allylic oxidation sites excluding steroid dienone is 3. The van der Waals surface area contributed by atoms with E-state index in [0.717, 1.165) is 29.0 Å². The summed E-state index contributed by atoms with van der Waals surface area (Å²) in [6, 6.07) is 28.0. The van der Waals surface area contributed by atoms with Crippen molar-refractivity contribution in [1.29, 1.82) is 0 Å². The molecule has 0 aliphatic carbocycles. The van der Waals surface area contributed by atoms with Gasteiger partial charge in [-0.2, -0.15) is 0 Å². The standard InChI is InChI=1S/C26H27N3/c1-2-11-22(19-24(28)21-14-7-4-8-15-21)26(18-20-12-5-3-6-13-20)29-25-17-10-9-16-23(25)27/h3-17,19H,2,18,27-28H2,1H3/b22-11+,24-19-,29-26?. The fourth-order valence-electron chi connectivity index (χ4n) is 3.09. The second kappa shape index (κ2) is 10.1. The van der Waals surface area contributed by atoms with Crippen LogP contribution in [0.2, 0.25) is 0 Å². The molecule has 3 nitrogen and oxygen atoms in total. The van der Waals surface area contributed by atoms with Crippen LogP contribution < -0.4 is 11.5 Å². The molecule has 0 aromatic heterocycles. The molecule has 0 saturated carbocycles. The van der Waals surface area contributed by atoms with Gasteiger partial charge in [-0.15, -0.1) is 0 Å². The summed E-state index contributed by atoms with van der Waals surface area (Å²) in [6.07, 6.45) is 5.75. The van der Waals surface area contributed by atoms with E-state index in [1.165, 1.54) is 5.56 Å². The molecule has 0 atom stereocenters. The highest BCUT2D eigenvalue weighted by Crippen LogP contribution is 2.24. The third-order valence-corrected chi connectivity index (χ3v) is 4.58. The SMILES string of the molecule is CC/C=C(\C=C(/N)c1ccccc1)C(Cc1ccccc1)=Nc1ccccc1N. The van der Waals surface area contributed by atoms with E-state index in [1.54, 1.807) is 0 Å². The molecule has 0 heterocycles. The van der Waals surface area contributed by atoms with Crippen LogP contribution in [0.15, 0.2) is 108 Å². The quantitative estimate of drug-likeness (QED) is 0.303. The Morgan fingerprint density at radius 2 is 1.48 bits per heavy atom. The molecule has 0 aliphatic heterocycles. The second-order valence-electron chi connectivity index (χ2n) is 6.81. The van der Waals surface area contributed by atoms with Gasteiger partial charge in [-0.1, -0.05) is 85.8 Å². The highest BCUT2D eigenvalue weighted by molar-refractivity contribution is 6.06. The number of hydrogen-bond donors (Lipinski definition) is 2. The van der Waals surface area contributed by atoms with Crippen LogP contribution in [-0.4, -0.2) is 5.71 Å². The smallest absolute Gasteiger partial charge is 0.0862 e. The Balaban J connectivity index is 2.06. The number of benzene rings is 3. The third-order valence-electron chi connectivity index (χ3n) is 4.58. The molecule has 0 unspecified atom stereocenters. The number of aliphatic imine (C=N–C) groups is 1. The van der Waals surface area contributed by atoms with Crippen molar-refractivity contribution in [2.24, 2.45) is 10.7 Å². The summed E-state index contributed by atoms with van der Waals surface area (Å²) in [7, 11) is 0. The maximum atomic E-state index is 6.42. The fourth-order valence-corrected chi connectivity index (χ4v) is 3.09. The first-order chi connectivity index (χ1) is 14.2. The highest BCUT2D eigenvalue weighted by atomic mass is 14.8. The molecule has 3 aromatic carbocycles. The van der Waals surface area contributed by atoms with Crippen LogP contribution in [0.4, 0.5) is 11.4 Å². The van der Waals surface area contributed by atoms with Gasteiger partial charge >= 0.3 is 0 Å². The molecule has 29 heavy (non-hydrogen) atoms. The first-order valence-electron chi connectivity index (χ1n) is 9.86. The monoisotopic (exact) mass is 381 g/mol. The maximum absolute atomic E-state index is 6.42. The number of nitrogens with two attached hydrogens (primary N) is 2. The van der Waals surface area contributed by atoms with Crippen molar-refractivity contribution in [3.05, 3.63) is 114 Å². The van der Waals surface area contributed by atoms with Crippen LogP contribution in [0.5, 0.6) is 0 Å². The number of anilines is 1. The van der Waals surface area contributed by atoms with Gasteiger partial charge in [0.25, 0.3) is 0 Å². The highest BCUT2D eigenvalue weighted by Gasteiger charge is 2.10. The zero-order valence-corrected chi connectivity index (χ0v) is 16.8. The van der Waals surface area contributed by atoms with Crippen molar-refractivity contribution in [1.82, 2.24) is 0 Å². The summed E-state index contributed by atoms with van der Waals surface area (Å²) in [4.78, 5) is 4.94. The Kier molecular flexibility index (Phi) is 7.01. The molecule has 0 saturated heterocycles. The minimum atomic E-state index is 0.661. The topological polar surface area (TPSA) is 64.4 Å². The molecule has 0 spiro atoms. The van der Waals surface area contributed by atoms with E-state index in [2.05, 4.69) is 25.1 Å². The average molecular weight is 382 g/mol. The van der Waals surface area contributed by atoms with E-state index in [4.69, 9.17) is 16.5 Å². The van der Waals surface area contributed by atoms with Crippen molar-refractivity contribution in [2.75, 3.05) is 5.73 Å². The van der Waals surface area contributed by atoms with Crippen LogP contribution >= 0.6 is 0 Å². The zero-order chi connectivity index (χ0) is 20.5. The first kappa shape index (κ1) is 20.2. The van der Waals surface area contributed by atoms with E-state index in [9.17, 15) is 0 Å². The predicted octanol–water partition coefficient (Wildman–Crippen LogP) is 5.92. The Bertz CT molecular complexity index is 1020. The molecule has 0 amide bonds. The van der Waals surface area contributed by atoms with Gasteiger partial charge in [0.1, 0.15) is 0 Å². The van der Waals surface area contributed by atoms with Crippen LogP contribution in [0.3, 0.4) is 0 Å². The molecule has 146 valence electrons. The van der Waals surface area contributed by atoms with Crippen molar-refractivity contribution in [3.63, 3.8) is 0 Å². The predicted molar refractivity (Wildman–Crippen MR) is 125 cm³/mol. The second-order valence-corrected chi connectivity index (χ2v) is 6.81. The van der Waals surface area contributed by atoms with Gasteiger partial charge in [0.15, 0.2) is 0 Å². The van der Waals surface area contributed by atoms with Gasteiger partial charge in [0, 0.05) is 12.1 Å². The molecular weight excluding hydrogens is 354 g/mol. The number of rotatable bonds is 7. The molecular formula is C26H27N3. The number of hydrogen-bond acceptors (Lipinski definition) is 3. The summed E-state index contributed by atoms with van der Waals surface area (Å²) in [5.41, 5.74) is 18.9. The number of nitrogens with zero attached hydrogens (tertiary/aromatic N) is 1. The Hall–Kier alpha value is -3.59. The van der Waals surface area contributed by atoms with E-state index in [0.29, 0.717) is 17.8 Å². The van der Waals surface area contributed by atoms with Gasteiger partial charge in [-0.3, -0.25) is 4.99 Å². The lowest BCUT2D eigenvalue weighted by atomic mass is 9.98. The molecule has 3 rings (SSSR count). The van der Waals surface area contributed by atoms with E-state index < -0.39 is 0 Å². The summed E-state index contributed by atoms with van der Waals surface area (Å²) in [6.45, 7) is 2.11. The van der Waals surface area contributed by atoms with E-state index in [-0.39, 0.29) is 0 Å². The largest absolute Gasteiger partial charge is 0.398 e. The Morgan fingerprint density at radius 1 is 0.862 bits per heavy atom. The van der Waals surface area contributed by atoms with Crippen molar-refractivity contribution < 1.29 is 0 Å². The Labute approximate surface area is 173 Å². The summed E-state index contributed by atoms with van der Waals surface area (Å²) in [5.74, 6) is 0. The molecule has 0 radical (unpaired) electrons. The molecule has 0 fully saturated rings. The number of para-hydroxylation sites is 2. The summed E-state index contributed by atoms with van der Waals surface area (Å²) < 4.78 is 0. The lowest BCUT2D eigenvalue weighted by Gasteiger charge is -2.12. The summed E-state index contributed by atoms with van der Waals surface area (Å²) >= 11 is 0. The maximum Gasteiger partial charge on any atom is 0.0862 e. The van der Waals surface area contributed by atoms with Gasteiger partial charge < -0.3 is 11.5 Å². The van der Waals surface area contributed by atoms with Gasteiger partial charge in [-0.25, -0.2) is 0 Å². The normalized spacial score (nSPS) is 12.8. The molecule has 3 aromatic rings.